The standard InChI is InChI=1S/C13H8FNO4/c14-10-1-3-11(4-2-10)19-12-5-6-13(15(17)18)9(7-12)8-16/h1-8H. The minimum Gasteiger partial charge on any atom is -0.457 e. The molecule has 0 fully saturated rings. The number of benzene rings is 2. The van der Waals surface area contributed by atoms with Crippen molar-refractivity contribution in [3.8, 4) is 11.5 Å². The predicted molar refractivity (Wildman–Crippen MR) is 65.0 cm³/mol. The maximum absolute atomic E-state index is 12.7. The molecule has 0 spiro atoms. The summed E-state index contributed by atoms with van der Waals surface area (Å²) >= 11 is 0. The molecule has 0 bridgehead atoms. The molecular formula is C13H8FNO4. The first-order chi connectivity index (χ1) is 9.10. The molecule has 0 N–H and O–H groups in total. The third-order valence-electron chi connectivity index (χ3n) is 2.37. The molecule has 96 valence electrons. The number of ether oxygens (including phenoxy) is 1. The fourth-order valence-corrected chi connectivity index (χ4v) is 1.50. The molecule has 2 aromatic carbocycles. The topological polar surface area (TPSA) is 69.4 Å². The molecule has 0 atom stereocenters. The van der Waals surface area contributed by atoms with Crippen molar-refractivity contribution in [1.29, 1.82) is 0 Å². The average molecular weight is 261 g/mol. The van der Waals surface area contributed by atoms with Gasteiger partial charge in [-0.25, -0.2) is 4.39 Å². The van der Waals surface area contributed by atoms with Crippen LogP contribution in [0.4, 0.5) is 10.1 Å². The smallest absolute Gasteiger partial charge is 0.280 e. The van der Waals surface area contributed by atoms with Crippen molar-refractivity contribution in [1.82, 2.24) is 0 Å². The van der Waals surface area contributed by atoms with Crippen molar-refractivity contribution in [2.24, 2.45) is 0 Å². The van der Waals surface area contributed by atoms with Crippen LogP contribution in [0.25, 0.3) is 0 Å². The molecule has 2 aromatic rings. The maximum atomic E-state index is 12.7. The summed E-state index contributed by atoms with van der Waals surface area (Å²) in [5.41, 5.74) is -0.369. The molecule has 6 heteroatoms. The zero-order valence-corrected chi connectivity index (χ0v) is 9.58. The Bertz CT molecular complexity index is 625. The van der Waals surface area contributed by atoms with Crippen LogP contribution in [-0.2, 0) is 0 Å². The highest BCUT2D eigenvalue weighted by Crippen LogP contribution is 2.26. The zero-order valence-electron chi connectivity index (χ0n) is 9.58. The lowest BCUT2D eigenvalue weighted by atomic mass is 10.2. The highest BCUT2D eigenvalue weighted by Gasteiger charge is 2.14. The van der Waals surface area contributed by atoms with Crippen LogP contribution in [0.5, 0.6) is 11.5 Å². The highest BCUT2D eigenvalue weighted by molar-refractivity contribution is 5.82. The van der Waals surface area contributed by atoms with E-state index in [-0.39, 0.29) is 17.0 Å². The Morgan fingerprint density at radius 2 is 1.74 bits per heavy atom. The van der Waals surface area contributed by atoms with E-state index in [0.717, 1.165) is 0 Å². The van der Waals surface area contributed by atoms with Crippen molar-refractivity contribution in [3.63, 3.8) is 0 Å². The lowest BCUT2D eigenvalue weighted by molar-refractivity contribution is -0.385. The second kappa shape index (κ2) is 5.26. The number of carbonyl (C=O) groups is 1. The van der Waals surface area contributed by atoms with Crippen molar-refractivity contribution in [2.75, 3.05) is 0 Å². The van der Waals surface area contributed by atoms with Gasteiger partial charge in [0.1, 0.15) is 17.3 Å². The molecular weight excluding hydrogens is 253 g/mol. The Morgan fingerprint density at radius 1 is 1.11 bits per heavy atom. The highest BCUT2D eigenvalue weighted by atomic mass is 19.1. The van der Waals surface area contributed by atoms with Gasteiger partial charge in [0.2, 0.25) is 0 Å². The number of rotatable bonds is 4. The number of halogens is 1. The van der Waals surface area contributed by atoms with E-state index in [1.54, 1.807) is 0 Å². The van der Waals surface area contributed by atoms with Crippen LogP contribution < -0.4 is 4.74 Å². The minimum absolute atomic E-state index is 0.0791. The molecule has 0 heterocycles. The van der Waals surface area contributed by atoms with Gasteiger partial charge in [0.15, 0.2) is 6.29 Å². The van der Waals surface area contributed by atoms with Crippen LogP contribution in [0.2, 0.25) is 0 Å². The first kappa shape index (κ1) is 12.7. The summed E-state index contributed by atoms with van der Waals surface area (Å²) in [6, 6.07) is 9.09. The second-order valence-electron chi connectivity index (χ2n) is 3.65. The van der Waals surface area contributed by atoms with Gasteiger partial charge in [-0.2, -0.15) is 0 Å². The number of aldehydes is 1. The molecule has 2 rings (SSSR count). The zero-order chi connectivity index (χ0) is 13.8. The van der Waals surface area contributed by atoms with Gasteiger partial charge >= 0.3 is 0 Å². The molecule has 0 unspecified atom stereocenters. The first-order valence-electron chi connectivity index (χ1n) is 5.27. The summed E-state index contributed by atoms with van der Waals surface area (Å²) < 4.78 is 18.1. The molecule has 0 aromatic heterocycles. The summed E-state index contributed by atoms with van der Waals surface area (Å²) in [5.74, 6) is 0.232. The number of carbonyl (C=O) groups excluding carboxylic acids is 1. The van der Waals surface area contributed by atoms with Crippen molar-refractivity contribution >= 4 is 12.0 Å². The molecule has 0 saturated heterocycles. The van der Waals surface area contributed by atoms with Crippen molar-refractivity contribution in [3.05, 3.63) is 64.0 Å². The van der Waals surface area contributed by atoms with Gasteiger partial charge in [-0.15, -0.1) is 0 Å². The average Bonchev–Trinajstić information content (AvgIpc) is 2.41. The van der Waals surface area contributed by atoms with Crippen LogP contribution in [0, 0.1) is 15.9 Å². The normalized spacial score (nSPS) is 9.95. The summed E-state index contributed by atoms with van der Waals surface area (Å²) in [4.78, 5) is 20.8. The van der Waals surface area contributed by atoms with Crippen LogP contribution in [-0.4, -0.2) is 11.2 Å². The van der Waals surface area contributed by atoms with Gasteiger partial charge < -0.3 is 4.74 Å². The molecule has 19 heavy (non-hydrogen) atoms. The number of hydrogen-bond donors (Lipinski definition) is 0. The van der Waals surface area contributed by atoms with E-state index in [1.165, 1.54) is 42.5 Å². The van der Waals surface area contributed by atoms with Crippen molar-refractivity contribution in [2.45, 2.75) is 0 Å². The molecule has 5 nitrogen and oxygen atoms in total. The lowest BCUT2D eigenvalue weighted by Gasteiger charge is -2.06. The van der Waals surface area contributed by atoms with E-state index in [1.807, 2.05) is 0 Å². The van der Waals surface area contributed by atoms with E-state index in [4.69, 9.17) is 4.74 Å². The van der Waals surface area contributed by atoms with Gasteiger partial charge in [-0.3, -0.25) is 14.9 Å². The van der Waals surface area contributed by atoms with Crippen LogP contribution in [0.1, 0.15) is 10.4 Å². The molecule has 0 aliphatic rings. The summed E-state index contributed by atoms with van der Waals surface area (Å²) in [6.07, 6.45) is 0.385. The van der Waals surface area contributed by atoms with Crippen molar-refractivity contribution < 1.29 is 18.8 Å². The summed E-state index contributed by atoms with van der Waals surface area (Å²) in [5, 5.41) is 10.7. The SMILES string of the molecule is O=Cc1cc(Oc2ccc(F)cc2)ccc1[N+](=O)[O-]. The summed E-state index contributed by atoms with van der Waals surface area (Å²) in [6.45, 7) is 0. The number of nitrogens with zero attached hydrogens (tertiary/aromatic N) is 1. The fourth-order valence-electron chi connectivity index (χ4n) is 1.50. The van der Waals surface area contributed by atoms with E-state index >= 15 is 0 Å². The largest absolute Gasteiger partial charge is 0.457 e. The van der Waals surface area contributed by atoms with Crippen LogP contribution in [0.15, 0.2) is 42.5 Å². The molecule has 0 saturated carbocycles. The van der Waals surface area contributed by atoms with Gasteiger partial charge in [-0.05, 0) is 36.4 Å². The number of nitro groups is 1. The Balaban J connectivity index is 2.29. The lowest BCUT2D eigenvalue weighted by Crippen LogP contribution is -1.95. The number of nitro benzene ring substituents is 1. The Hall–Kier alpha value is -2.76. The molecule has 0 radical (unpaired) electrons. The quantitative estimate of drug-likeness (QED) is 0.480. The fraction of sp³-hybridized carbons (Fsp3) is 0. The van der Waals surface area contributed by atoms with E-state index in [9.17, 15) is 19.3 Å². The Labute approximate surface area is 107 Å². The van der Waals surface area contributed by atoms with Gasteiger partial charge in [-0.1, -0.05) is 0 Å². The van der Waals surface area contributed by atoms with Gasteiger partial charge in [0.25, 0.3) is 5.69 Å². The molecule has 0 aliphatic carbocycles. The van der Waals surface area contributed by atoms with Gasteiger partial charge in [0.05, 0.1) is 10.5 Å². The predicted octanol–water partition coefficient (Wildman–Crippen LogP) is 3.34. The van der Waals surface area contributed by atoms with E-state index in [0.29, 0.717) is 12.0 Å². The van der Waals surface area contributed by atoms with Crippen LogP contribution in [0.3, 0.4) is 0 Å². The van der Waals surface area contributed by atoms with Gasteiger partial charge in [0, 0.05) is 6.07 Å². The van der Waals surface area contributed by atoms with E-state index in [2.05, 4.69) is 0 Å². The minimum atomic E-state index is -0.647. The Morgan fingerprint density at radius 3 is 2.32 bits per heavy atom. The Kier molecular flexibility index (Phi) is 3.51. The van der Waals surface area contributed by atoms with Crippen LogP contribution >= 0.6 is 0 Å². The summed E-state index contributed by atoms with van der Waals surface area (Å²) in [7, 11) is 0. The monoisotopic (exact) mass is 261 g/mol. The third-order valence-corrected chi connectivity index (χ3v) is 2.37. The third kappa shape index (κ3) is 2.92. The van der Waals surface area contributed by atoms with E-state index < -0.39 is 10.7 Å². The molecule has 0 aliphatic heterocycles. The maximum Gasteiger partial charge on any atom is 0.280 e. The number of hydrogen-bond acceptors (Lipinski definition) is 4. The molecule has 0 amide bonds. The second-order valence-corrected chi connectivity index (χ2v) is 3.65. The first-order valence-corrected chi connectivity index (χ1v) is 5.27.